The van der Waals surface area contributed by atoms with E-state index in [1.165, 1.54) is 11.3 Å². The number of carbonyl (C=O) groups excluding carboxylic acids is 1. The van der Waals surface area contributed by atoms with E-state index in [9.17, 15) is 4.79 Å². The molecule has 0 aliphatic rings. The summed E-state index contributed by atoms with van der Waals surface area (Å²) in [5.41, 5.74) is 7.08. The van der Waals surface area contributed by atoms with Crippen LogP contribution in [0, 0.1) is 27.7 Å². The van der Waals surface area contributed by atoms with Crippen molar-refractivity contribution in [2.75, 3.05) is 11.9 Å². The van der Waals surface area contributed by atoms with Crippen molar-refractivity contribution < 1.29 is 4.79 Å². The summed E-state index contributed by atoms with van der Waals surface area (Å²) in [5, 5.41) is 10.8. The molecule has 0 bridgehead atoms. The zero-order valence-electron chi connectivity index (χ0n) is 19.0. The minimum Gasteiger partial charge on any atom is -0.326 e. The molecule has 31 heavy (non-hydrogen) atoms. The summed E-state index contributed by atoms with van der Waals surface area (Å²) in [6.07, 6.45) is 0.761. The molecule has 2 N–H and O–H groups in total. The molecule has 0 atom stereocenters. The SMILES string of the molecule is CCn1nc(C)c(CCN=C(NC(=O)c2cccc(C)c2)Nc2cccc(C)c2)c1C. The van der Waals surface area contributed by atoms with E-state index in [-0.39, 0.29) is 5.91 Å². The Balaban J connectivity index is 1.79. The Morgan fingerprint density at radius 2 is 1.74 bits per heavy atom. The Morgan fingerprint density at radius 1 is 1.03 bits per heavy atom. The molecule has 6 heteroatoms. The highest BCUT2D eigenvalue weighted by Gasteiger charge is 2.12. The normalized spacial score (nSPS) is 11.5. The Bertz CT molecular complexity index is 1100. The molecule has 0 unspecified atom stereocenters. The molecule has 162 valence electrons. The van der Waals surface area contributed by atoms with Gasteiger partial charge in [-0.1, -0.05) is 29.8 Å². The molecule has 1 amide bonds. The third kappa shape index (κ3) is 5.81. The van der Waals surface area contributed by atoms with Gasteiger partial charge in [-0.05, 0) is 76.4 Å². The summed E-state index contributed by atoms with van der Waals surface area (Å²) in [6, 6.07) is 15.5. The number of aryl methyl sites for hydroxylation is 4. The summed E-state index contributed by atoms with van der Waals surface area (Å²) in [4.78, 5) is 17.5. The van der Waals surface area contributed by atoms with Crippen molar-refractivity contribution in [1.29, 1.82) is 0 Å². The molecule has 0 spiro atoms. The molecule has 1 aromatic heterocycles. The third-order valence-corrected chi connectivity index (χ3v) is 5.26. The molecule has 0 aliphatic carbocycles. The summed E-state index contributed by atoms with van der Waals surface area (Å²) >= 11 is 0. The maximum atomic E-state index is 12.8. The maximum Gasteiger partial charge on any atom is 0.257 e. The first-order chi connectivity index (χ1) is 14.9. The van der Waals surface area contributed by atoms with Crippen LogP contribution in [0.1, 0.15) is 45.4 Å². The molecule has 2 aromatic carbocycles. The van der Waals surface area contributed by atoms with Crippen LogP contribution in [0.2, 0.25) is 0 Å². The number of nitrogens with one attached hydrogen (secondary N) is 2. The first-order valence-corrected chi connectivity index (χ1v) is 10.7. The van der Waals surface area contributed by atoms with Crippen LogP contribution in [-0.4, -0.2) is 28.2 Å². The van der Waals surface area contributed by atoms with Crippen molar-refractivity contribution >= 4 is 17.6 Å². The first kappa shape index (κ1) is 22.3. The number of hydrogen-bond donors (Lipinski definition) is 2. The fourth-order valence-electron chi connectivity index (χ4n) is 3.62. The van der Waals surface area contributed by atoms with Gasteiger partial charge in [0.1, 0.15) is 0 Å². The van der Waals surface area contributed by atoms with Crippen molar-refractivity contribution in [3.05, 3.63) is 82.2 Å². The minimum absolute atomic E-state index is 0.186. The summed E-state index contributed by atoms with van der Waals surface area (Å²) in [6.45, 7) is 11.6. The second kappa shape index (κ2) is 10.1. The number of nitrogens with zero attached hydrogens (tertiary/aromatic N) is 3. The number of aliphatic imine (C=N–C) groups is 1. The first-order valence-electron chi connectivity index (χ1n) is 10.7. The predicted molar refractivity (Wildman–Crippen MR) is 127 cm³/mol. The Kier molecular flexibility index (Phi) is 7.23. The highest BCUT2D eigenvalue weighted by molar-refractivity contribution is 6.10. The van der Waals surface area contributed by atoms with Gasteiger partial charge in [0, 0.05) is 30.0 Å². The fourth-order valence-corrected chi connectivity index (χ4v) is 3.62. The lowest BCUT2D eigenvalue weighted by Crippen LogP contribution is -2.36. The molecular weight excluding hydrogens is 386 g/mol. The summed E-state index contributed by atoms with van der Waals surface area (Å²) < 4.78 is 2.01. The van der Waals surface area contributed by atoms with Crippen molar-refractivity contribution in [1.82, 2.24) is 15.1 Å². The van der Waals surface area contributed by atoms with Gasteiger partial charge < -0.3 is 5.32 Å². The number of benzene rings is 2. The molecule has 0 fully saturated rings. The van der Waals surface area contributed by atoms with E-state index >= 15 is 0 Å². The zero-order valence-corrected chi connectivity index (χ0v) is 19.0. The molecule has 0 radical (unpaired) electrons. The number of aromatic nitrogens is 2. The lowest BCUT2D eigenvalue weighted by Gasteiger charge is -2.13. The van der Waals surface area contributed by atoms with Crippen LogP contribution in [0.4, 0.5) is 5.69 Å². The summed E-state index contributed by atoms with van der Waals surface area (Å²) in [5.74, 6) is 0.254. The molecule has 6 nitrogen and oxygen atoms in total. The van der Waals surface area contributed by atoms with E-state index < -0.39 is 0 Å². The second-order valence-electron chi connectivity index (χ2n) is 7.76. The van der Waals surface area contributed by atoms with E-state index in [1.807, 2.05) is 67.9 Å². The van der Waals surface area contributed by atoms with Crippen LogP contribution in [0.25, 0.3) is 0 Å². The number of carbonyl (C=O) groups is 1. The van der Waals surface area contributed by atoms with Crippen molar-refractivity contribution in [2.45, 2.75) is 47.6 Å². The average molecular weight is 418 g/mol. The van der Waals surface area contributed by atoms with Gasteiger partial charge in [0.15, 0.2) is 0 Å². The standard InChI is InChI=1S/C25H31N5O/c1-6-30-20(5)23(19(4)29-30)13-14-26-25(27-22-12-8-10-18(3)16-22)28-24(31)21-11-7-9-17(2)15-21/h7-12,15-16H,6,13-14H2,1-5H3,(H2,26,27,28,31). The van der Waals surface area contributed by atoms with Gasteiger partial charge >= 0.3 is 0 Å². The number of rotatable bonds is 6. The van der Waals surface area contributed by atoms with Crippen LogP contribution in [-0.2, 0) is 13.0 Å². The predicted octanol–water partition coefficient (Wildman–Crippen LogP) is 4.58. The lowest BCUT2D eigenvalue weighted by molar-refractivity contribution is 0.0977. The Hall–Kier alpha value is -3.41. The van der Waals surface area contributed by atoms with Crippen LogP contribution in [0.15, 0.2) is 53.5 Å². The second-order valence-corrected chi connectivity index (χ2v) is 7.76. The highest BCUT2D eigenvalue weighted by atomic mass is 16.1. The van der Waals surface area contributed by atoms with Gasteiger partial charge in [-0.25, -0.2) is 0 Å². The topological polar surface area (TPSA) is 71.3 Å². The molecule has 1 heterocycles. The largest absolute Gasteiger partial charge is 0.326 e. The van der Waals surface area contributed by atoms with E-state index in [4.69, 9.17) is 0 Å². The van der Waals surface area contributed by atoms with E-state index in [0.29, 0.717) is 18.1 Å². The number of guanidine groups is 1. The van der Waals surface area contributed by atoms with Crippen LogP contribution in [0.3, 0.4) is 0 Å². The Labute approximate surface area is 184 Å². The van der Waals surface area contributed by atoms with Gasteiger partial charge in [0.05, 0.1) is 5.69 Å². The molecular formula is C25H31N5O. The number of hydrogen-bond acceptors (Lipinski definition) is 3. The highest BCUT2D eigenvalue weighted by Crippen LogP contribution is 2.14. The molecule has 0 aliphatic heterocycles. The molecule has 0 saturated carbocycles. The minimum atomic E-state index is -0.186. The van der Waals surface area contributed by atoms with Gasteiger partial charge in [0.2, 0.25) is 5.96 Å². The van der Waals surface area contributed by atoms with Crippen LogP contribution < -0.4 is 10.6 Å². The van der Waals surface area contributed by atoms with Crippen LogP contribution in [0.5, 0.6) is 0 Å². The lowest BCUT2D eigenvalue weighted by atomic mass is 10.1. The monoisotopic (exact) mass is 417 g/mol. The maximum absolute atomic E-state index is 12.8. The smallest absolute Gasteiger partial charge is 0.257 e. The van der Waals surface area contributed by atoms with Crippen molar-refractivity contribution in [3.8, 4) is 0 Å². The van der Waals surface area contributed by atoms with Crippen LogP contribution >= 0.6 is 0 Å². The van der Waals surface area contributed by atoms with Gasteiger partial charge in [-0.2, -0.15) is 5.10 Å². The molecule has 0 saturated heterocycles. The van der Waals surface area contributed by atoms with Gasteiger partial charge in [0.25, 0.3) is 5.91 Å². The number of amides is 1. The van der Waals surface area contributed by atoms with Crippen molar-refractivity contribution in [2.24, 2.45) is 4.99 Å². The number of anilines is 1. The quantitative estimate of drug-likeness (QED) is 0.456. The third-order valence-electron chi connectivity index (χ3n) is 5.26. The van der Waals surface area contributed by atoms with Gasteiger partial charge in [-0.15, -0.1) is 0 Å². The van der Waals surface area contributed by atoms with E-state index in [1.54, 1.807) is 6.07 Å². The molecule has 3 aromatic rings. The van der Waals surface area contributed by atoms with Crippen molar-refractivity contribution in [3.63, 3.8) is 0 Å². The summed E-state index contributed by atoms with van der Waals surface area (Å²) in [7, 11) is 0. The zero-order chi connectivity index (χ0) is 22.4. The van der Waals surface area contributed by atoms with Gasteiger partial charge in [-0.3, -0.25) is 19.8 Å². The molecule has 3 rings (SSSR count). The Morgan fingerprint density at radius 3 is 2.39 bits per heavy atom. The average Bonchev–Trinajstić information content (AvgIpc) is 3.01. The fraction of sp³-hybridized carbons (Fsp3) is 0.320. The van der Waals surface area contributed by atoms with E-state index in [2.05, 4.69) is 34.6 Å². The van der Waals surface area contributed by atoms with E-state index in [0.717, 1.165) is 35.5 Å².